The van der Waals surface area contributed by atoms with E-state index in [2.05, 4.69) is 87.6 Å². The number of ether oxygens (including phenoxy) is 4. The summed E-state index contributed by atoms with van der Waals surface area (Å²) in [5.74, 6) is -2.76. The Labute approximate surface area is 558 Å². The van der Waals surface area contributed by atoms with Crippen LogP contribution in [0, 0.1) is 30.5 Å². The number of rotatable bonds is 20. The lowest BCUT2D eigenvalue weighted by Gasteiger charge is -2.28. The van der Waals surface area contributed by atoms with E-state index in [4.69, 9.17) is 31.0 Å². The second-order valence-corrected chi connectivity index (χ2v) is 28.5. The summed E-state index contributed by atoms with van der Waals surface area (Å²) in [6.07, 6.45) is 5.89. The lowest BCUT2D eigenvalue weighted by molar-refractivity contribution is -0.193. The topological polar surface area (TPSA) is 449 Å². The number of carboxylic acids is 2. The van der Waals surface area contributed by atoms with Crippen molar-refractivity contribution in [2.75, 3.05) is 67.4 Å². The Hall–Kier alpha value is -9.38. The molecule has 0 bridgehead atoms. The number of nitrogens with zero attached hydrogens (tertiary/aromatic N) is 9. The van der Waals surface area contributed by atoms with Gasteiger partial charge in [-0.3, -0.25) is 30.4 Å². The number of benzene rings is 3. The van der Waals surface area contributed by atoms with E-state index < -0.39 is 136 Å². The Bertz CT molecular complexity index is 4210. The first-order valence-electron chi connectivity index (χ1n) is 27.0. The molecule has 1 unspecified atom stereocenters. The lowest BCUT2D eigenvalue weighted by atomic mass is 9.92. The molecule has 0 spiro atoms. The number of alkyl halides is 7. The fourth-order valence-electron chi connectivity index (χ4n) is 7.65. The van der Waals surface area contributed by atoms with Crippen LogP contribution in [0.5, 0.6) is 23.5 Å². The molecule has 2 aliphatic rings. The summed E-state index contributed by atoms with van der Waals surface area (Å²) in [6.45, 7) is -0.741. The Morgan fingerprint density at radius 1 is 0.888 bits per heavy atom. The fourth-order valence-corrected chi connectivity index (χ4v) is 11.1. The second-order valence-electron chi connectivity index (χ2n) is 20.5. The van der Waals surface area contributed by atoms with Crippen LogP contribution in [0.4, 0.5) is 68.0 Å². The molecule has 0 saturated heterocycles. The molecule has 0 aliphatic carbocycles. The average Bonchev–Trinajstić information content (AvgIpc) is 1.50. The van der Waals surface area contributed by atoms with Crippen LogP contribution in [-0.2, 0) is 64.5 Å². The number of sulfonamides is 2. The molecule has 0 radical (unpaired) electrons. The maximum Gasteiger partial charge on any atom is 0.389 e. The SMILES string of the molecule is C#CCN1C(=O)COc2cc(F)c(N=c3snc4n3CC(C)(C)C4)cc21.COc1nc(C)nc(NC(=O)NS(=O)(=O)c2ccccc2CCC(F)(F)F)n1.C[S+](C)C.O=C(Nc1nc(OC(F)F)cc(OC(F)F)n1)NS(=O)(=O)c1ccccc1C(=O)O.O=C(O)CNCP(=O)([O-])O. The number of fused-ring (bicyclic) bond motifs is 2. The van der Waals surface area contributed by atoms with Gasteiger partial charge in [-0.2, -0.15) is 60.0 Å². The molecule has 1 atom stereocenters. The number of aryl methyl sites for hydroxylation is 2. The van der Waals surface area contributed by atoms with Crippen molar-refractivity contribution in [3.63, 3.8) is 0 Å². The number of aromatic carboxylic acids is 1. The molecule has 5 heterocycles. The minimum absolute atomic E-state index is 0.0715. The first kappa shape index (κ1) is 81.1. The number of hydrogen-bond acceptors (Lipinski definition) is 24. The average molecular weight is 1490 g/mol. The number of aromatic nitrogens is 7. The van der Waals surface area contributed by atoms with Gasteiger partial charge in [0.1, 0.15) is 35.6 Å². The highest BCUT2D eigenvalue weighted by molar-refractivity contribution is 7.94. The van der Waals surface area contributed by atoms with Crippen molar-refractivity contribution >= 4 is 103 Å². The Balaban J connectivity index is 0.000000284. The van der Waals surface area contributed by atoms with Gasteiger partial charge in [-0.25, -0.2) is 50.0 Å². The maximum absolute atomic E-state index is 14.5. The summed E-state index contributed by atoms with van der Waals surface area (Å²) in [4.78, 5) is 98.1. The van der Waals surface area contributed by atoms with Crippen molar-refractivity contribution in [1.82, 2.24) is 48.6 Å². The summed E-state index contributed by atoms with van der Waals surface area (Å²) < 4.78 is 188. The van der Waals surface area contributed by atoms with Gasteiger partial charge < -0.3 is 48.1 Å². The third-order valence-corrected chi connectivity index (χ3v) is 15.5. The van der Waals surface area contributed by atoms with Gasteiger partial charge >= 0.3 is 49.4 Å². The van der Waals surface area contributed by atoms with Crippen LogP contribution in [0.3, 0.4) is 0 Å². The van der Waals surface area contributed by atoms with Crippen molar-refractivity contribution in [2.24, 2.45) is 10.4 Å². The number of halogens is 8. The van der Waals surface area contributed by atoms with Gasteiger partial charge in [0.2, 0.25) is 28.5 Å². The second kappa shape index (κ2) is 35.7. The Morgan fingerprint density at radius 2 is 1.44 bits per heavy atom. The zero-order valence-corrected chi connectivity index (χ0v) is 56.0. The van der Waals surface area contributed by atoms with Crippen molar-refractivity contribution < 1.29 is 119 Å². The van der Waals surface area contributed by atoms with Gasteiger partial charge in [-0.1, -0.05) is 50.1 Å². The van der Waals surface area contributed by atoms with Crippen LogP contribution in [0.25, 0.3) is 0 Å². The fraction of sp³-hybridized carbons (Fsp3) is 0.358. The highest BCUT2D eigenvalue weighted by Crippen LogP contribution is 2.38. The van der Waals surface area contributed by atoms with E-state index in [1.807, 2.05) is 9.88 Å². The minimum Gasteiger partial charge on any atom is -0.778 e. The van der Waals surface area contributed by atoms with Crippen LogP contribution >= 0.6 is 19.1 Å². The third-order valence-electron chi connectivity index (χ3n) is 11.3. The monoisotopic (exact) mass is 1490 g/mol. The number of anilines is 3. The molecule has 3 aromatic heterocycles. The molecular formula is C53H59F8N14O18PS4. The van der Waals surface area contributed by atoms with E-state index in [0.29, 0.717) is 33.2 Å². The first-order chi connectivity index (χ1) is 45.5. The zero-order valence-electron chi connectivity index (χ0n) is 51.8. The van der Waals surface area contributed by atoms with Crippen LogP contribution in [-0.4, -0.2) is 167 Å². The van der Waals surface area contributed by atoms with E-state index >= 15 is 0 Å². The minimum atomic E-state index is -4.71. The van der Waals surface area contributed by atoms with Crippen LogP contribution < -0.4 is 58.9 Å². The molecule has 32 nitrogen and oxygen atoms in total. The summed E-state index contributed by atoms with van der Waals surface area (Å²) in [7, 11) is -11.6. The molecule has 0 fully saturated rings. The quantitative estimate of drug-likeness (QED) is 0.0216. The number of carbonyl (C=O) groups is 5. The largest absolute Gasteiger partial charge is 0.778 e. The molecule has 534 valence electrons. The van der Waals surface area contributed by atoms with E-state index in [1.54, 1.807) is 10.0 Å². The number of terminal acetylenes is 1. The molecule has 6 aromatic rings. The molecule has 8 N–H and O–H groups in total. The van der Waals surface area contributed by atoms with E-state index in [-0.39, 0.29) is 53.5 Å². The smallest absolute Gasteiger partial charge is 0.389 e. The van der Waals surface area contributed by atoms with E-state index in [1.165, 1.54) is 77.7 Å². The van der Waals surface area contributed by atoms with Gasteiger partial charge in [0.05, 0.1) is 67.5 Å². The summed E-state index contributed by atoms with van der Waals surface area (Å²) >= 11 is 1.24. The van der Waals surface area contributed by atoms with Gasteiger partial charge in [-0.05, 0) is 59.5 Å². The first-order valence-corrected chi connectivity index (χ1v) is 34.9. The van der Waals surface area contributed by atoms with Gasteiger partial charge in [-0.15, -0.1) is 6.42 Å². The normalized spacial score (nSPS) is 13.7. The van der Waals surface area contributed by atoms with Gasteiger partial charge in [0.25, 0.3) is 26.0 Å². The predicted molar refractivity (Wildman–Crippen MR) is 331 cm³/mol. The highest BCUT2D eigenvalue weighted by atomic mass is 32.2. The molecule has 8 rings (SSSR count). The standard InChI is InChI=1S/C18H17FN4O2S.C15H16F3N5O4S.C14H10F4N4O7S.C3H8NO5P.C3H9S/c1-4-5-22-13-7-12(11(19)6-14(13)25-9-16(22)24)20-17-23-10-18(2,3)8-15(23)21-26-17;1-9-19-12(22-14(20-9)27-2)21-13(24)23-28(25,26)11-6-4-3-5-10(11)7-8-15(16,17)18;15-11(16)28-8-5-9(29-12(17)18)20-13(19-8)21-14(25)22-30(26,27)7-4-2-1-3-6(7)10(23)24;5-3(6)1-4-2-10(7,8)9;1-4(2)3/h1,6-7H,5,8-10H2,2-3H3;3-6H,7-8H2,1-2H3,(H2,19,20,21,22,23,24);1-5,11-12H,(H,23,24)(H2,19,20,21,22,25);4H,1-2H2,(H,5,6)(H2,7,8,9);1-3H3/q;;;;+1/p-1. The number of carboxylic acid groups (broad SMARTS) is 2. The van der Waals surface area contributed by atoms with Crippen molar-refractivity contribution in [3.05, 3.63) is 100 Å². The molecule has 2 aliphatic heterocycles. The molecule has 45 heteroatoms. The number of amides is 5. The van der Waals surface area contributed by atoms with Crippen LogP contribution in [0.1, 0.15) is 47.8 Å². The number of nitrogens with one attached hydrogen (secondary N) is 5. The number of methoxy groups -OCH3 is 1. The summed E-state index contributed by atoms with van der Waals surface area (Å²) in [6, 6.07) is 9.79. The number of urea groups is 2. The highest BCUT2D eigenvalue weighted by Gasteiger charge is 2.33. The molecule has 3 aromatic carbocycles. The van der Waals surface area contributed by atoms with Crippen molar-refractivity contribution in [1.29, 1.82) is 0 Å². The van der Waals surface area contributed by atoms with Crippen molar-refractivity contribution in [3.8, 4) is 35.9 Å². The molecule has 98 heavy (non-hydrogen) atoms. The maximum atomic E-state index is 14.5. The van der Waals surface area contributed by atoms with Crippen LogP contribution in [0.15, 0.2) is 81.5 Å². The van der Waals surface area contributed by atoms with Gasteiger partial charge in [0, 0.05) is 37.0 Å². The van der Waals surface area contributed by atoms with E-state index in [9.17, 15) is 85.4 Å². The molecule has 5 amide bonds. The lowest BCUT2D eigenvalue weighted by Crippen LogP contribution is -2.39. The predicted octanol–water partition coefficient (Wildman–Crippen LogP) is 5.00. The van der Waals surface area contributed by atoms with E-state index in [0.717, 1.165) is 37.0 Å². The molecular weight excluding hydrogens is 1430 g/mol. The Kier molecular flexibility index (Phi) is 29.6. The molecule has 0 saturated carbocycles. The van der Waals surface area contributed by atoms with Crippen LogP contribution in [0.2, 0.25) is 0 Å². The third kappa shape index (κ3) is 27.3. The zero-order chi connectivity index (χ0) is 73.7. The summed E-state index contributed by atoms with van der Waals surface area (Å²) in [5, 5.41) is 22.8. The van der Waals surface area contributed by atoms with Gasteiger partial charge in [0.15, 0.2) is 12.4 Å². The van der Waals surface area contributed by atoms with Crippen molar-refractivity contribution in [2.45, 2.75) is 75.8 Å². The number of aliphatic carboxylic acids is 1. The number of carbonyl (C=O) groups excluding carboxylic acids is 3. The number of hydrogen-bond donors (Lipinski definition) is 8. The summed E-state index contributed by atoms with van der Waals surface area (Å²) in [5.41, 5.74) is -0.0379. The Morgan fingerprint density at radius 3 is 1.97 bits per heavy atom.